The highest BCUT2D eigenvalue weighted by Crippen LogP contribution is 2.35. The molecule has 0 saturated heterocycles. The molecule has 4 rings (SSSR count). The molecule has 1 amide bonds. The maximum atomic E-state index is 12.3. The summed E-state index contributed by atoms with van der Waals surface area (Å²) in [6.07, 6.45) is 2.51. The number of imidazole rings is 1. The van der Waals surface area contributed by atoms with Gasteiger partial charge in [0.15, 0.2) is 0 Å². The highest BCUT2D eigenvalue weighted by Gasteiger charge is 2.29. The Labute approximate surface area is 146 Å². The van der Waals surface area contributed by atoms with Gasteiger partial charge in [0.05, 0.1) is 25.0 Å². The Kier molecular flexibility index (Phi) is 3.71. The molecule has 1 aliphatic rings. The number of aryl methyl sites for hydroxylation is 2. The van der Waals surface area contributed by atoms with Crippen LogP contribution in [0.2, 0.25) is 0 Å². The summed E-state index contributed by atoms with van der Waals surface area (Å²) in [5.41, 5.74) is 6.30. The number of hydrogen-bond donors (Lipinski definition) is 1. The van der Waals surface area contributed by atoms with E-state index in [-0.39, 0.29) is 11.8 Å². The predicted molar refractivity (Wildman–Crippen MR) is 96.0 cm³/mol. The van der Waals surface area contributed by atoms with E-state index >= 15 is 0 Å². The van der Waals surface area contributed by atoms with Gasteiger partial charge in [0.2, 0.25) is 5.91 Å². The number of methoxy groups -OCH3 is 1. The molecule has 0 fully saturated rings. The number of carbonyl (C=O) groups is 1. The molecule has 1 unspecified atom stereocenters. The third-order valence-corrected chi connectivity index (χ3v) is 4.87. The van der Waals surface area contributed by atoms with Crippen molar-refractivity contribution in [3.05, 3.63) is 64.6 Å². The molecule has 5 heteroatoms. The van der Waals surface area contributed by atoms with Crippen molar-refractivity contribution in [2.75, 3.05) is 7.11 Å². The minimum Gasteiger partial charge on any atom is -0.496 e. The molecule has 0 bridgehead atoms. The Morgan fingerprint density at radius 1 is 1.24 bits per heavy atom. The van der Waals surface area contributed by atoms with Crippen molar-refractivity contribution < 1.29 is 9.53 Å². The Morgan fingerprint density at radius 2 is 2.08 bits per heavy atom. The standard InChI is InChI=1S/C20H21N3O2/c1-12-4-7-18-22-16-10-21-19(24)9-15(20(16)23(18)11-12)14-5-6-17(25-3)13(2)8-14/h4-8,11,15H,9-10H2,1-3H3,(H,21,24). The molecule has 3 aromatic rings. The summed E-state index contributed by atoms with van der Waals surface area (Å²) in [5.74, 6) is 0.882. The molecule has 0 spiro atoms. The largest absolute Gasteiger partial charge is 0.496 e. The zero-order chi connectivity index (χ0) is 17.6. The van der Waals surface area contributed by atoms with Gasteiger partial charge in [0.25, 0.3) is 0 Å². The third kappa shape index (κ3) is 2.65. The minimum absolute atomic E-state index is 0.0288. The first kappa shape index (κ1) is 15.7. The molecule has 0 aliphatic carbocycles. The summed E-state index contributed by atoms with van der Waals surface area (Å²) in [4.78, 5) is 17.0. The van der Waals surface area contributed by atoms with Gasteiger partial charge in [0.1, 0.15) is 11.4 Å². The fourth-order valence-electron chi connectivity index (χ4n) is 3.65. The van der Waals surface area contributed by atoms with E-state index < -0.39 is 0 Å². The summed E-state index contributed by atoms with van der Waals surface area (Å²) in [7, 11) is 1.67. The summed E-state index contributed by atoms with van der Waals surface area (Å²) in [6, 6.07) is 10.2. The molecule has 3 heterocycles. The lowest BCUT2D eigenvalue weighted by Crippen LogP contribution is -2.21. The lowest BCUT2D eigenvalue weighted by molar-refractivity contribution is -0.121. The molecular formula is C20H21N3O2. The van der Waals surface area contributed by atoms with E-state index in [2.05, 4.69) is 35.0 Å². The number of nitrogens with zero attached hydrogens (tertiary/aromatic N) is 2. The lowest BCUT2D eigenvalue weighted by Gasteiger charge is -2.17. The number of pyridine rings is 1. The molecular weight excluding hydrogens is 314 g/mol. The molecule has 0 radical (unpaired) electrons. The van der Waals surface area contributed by atoms with Crippen molar-refractivity contribution in [2.24, 2.45) is 0 Å². The molecule has 0 saturated carbocycles. The van der Waals surface area contributed by atoms with Crippen LogP contribution in [0.5, 0.6) is 5.75 Å². The first-order valence-corrected chi connectivity index (χ1v) is 8.45. The van der Waals surface area contributed by atoms with E-state index in [1.54, 1.807) is 7.11 Å². The van der Waals surface area contributed by atoms with Crippen molar-refractivity contribution in [3.63, 3.8) is 0 Å². The smallest absolute Gasteiger partial charge is 0.221 e. The Balaban J connectivity index is 1.92. The second kappa shape index (κ2) is 5.92. The van der Waals surface area contributed by atoms with E-state index in [1.807, 2.05) is 25.1 Å². The second-order valence-corrected chi connectivity index (χ2v) is 6.64. The number of benzene rings is 1. The van der Waals surface area contributed by atoms with Crippen LogP contribution in [-0.2, 0) is 11.3 Å². The lowest BCUT2D eigenvalue weighted by atomic mass is 9.90. The summed E-state index contributed by atoms with van der Waals surface area (Å²) >= 11 is 0. The number of nitrogens with one attached hydrogen (secondary N) is 1. The van der Waals surface area contributed by atoms with Gasteiger partial charge in [-0.25, -0.2) is 4.98 Å². The SMILES string of the molecule is COc1ccc(C2CC(=O)NCc3nc4ccc(C)cn4c32)cc1C. The first-order chi connectivity index (χ1) is 12.1. The molecule has 128 valence electrons. The average molecular weight is 335 g/mol. The number of fused-ring (bicyclic) bond motifs is 3. The monoisotopic (exact) mass is 335 g/mol. The average Bonchev–Trinajstić information content (AvgIpc) is 2.86. The van der Waals surface area contributed by atoms with Crippen LogP contribution in [0, 0.1) is 13.8 Å². The van der Waals surface area contributed by atoms with Gasteiger partial charge in [-0.15, -0.1) is 0 Å². The molecule has 1 N–H and O–H groups in total. The van der Waals surface area contributed by atoms with Crippen molar-refractivity contribution in [1.82, 2.24) is 14.7 Å². The predicted octanol–water partition coefficient (Wildman–Crippen LogP) is 3.11. The van der Waals surface area contributed by atoms with Gasteiger partial charge in [-0.1, -0.05) is 18.2 Å². The van der Waals surface area contributed by atoms with Crippen LogP contribution in [0.4, 0.5) is 0 Å². The van der Waals surface area contributed by atoms with Crippen molar-refractivity contribution in [2.45, 2.75) is 32.7 Å². The van der Waals surface area contributed by atoms with Crippen LogP contribution in [-0.4, -0.2) is 22.4 Å². The van der Waals surface area contributed by atoms with Crippen LogP contribution in [0.1, 0.15) is 40.4 Å². The van der Waals surface area contributed by atoms with Gasteiger partial charge >= 0.3 is 0 Å². The third-order valence-electron chi connectivity index (χ3n) is 4.87. The quantitative estimate of drug-likeness (QED) is 0.783. The molecule has 5 nitrogen and oxygen atoms in total. The highest BCUT2D eigenvalue weighted by atomic mass is 16.5. The van der Waals surface area contributed by atoms with Crippen LogP contribution in [0.25, 0.3) is 5.65 Å². The van der Waals surface area contributed by atoms with Crippen molar-refractivity contribution >= 4 is 11.6 Å². The summed E-state index contributed by atoms with van der Waals surface area (Å²) in [6.45, 7) is 4.57. The van der Waals surface area contributed by atoms with E-state index in [1.165, 1.54) is 5.56 Å². The number of aromatic nitrogens is 2. The topological polar surface area (TPSA) is 55.6 Å². The van der Waals surface area contributed by atoms with Crippen LogP contribution in [0.3, 0.4) is 0 Å². The minimum atomic E-state index is -0.0288. The summed E-state index contributed by atoms with van der Waals surface area (Å²) in [5, 5.41) is 2.97. The zero-order valence-electron chi connectivity index (χ0n) is 14.7. The van der Waals surface area contributed by atoms with E-state index in [0.717, 1.165) is 33.9 Å². The second-order valence-electron chi connectivity index (χ2n) is 6.64. The highest BCUT2D eigenvalue weighted by molar-refractivity contribution is 5.78. The van der Waals surface area contributed by atoms with E-state index in [4.69, 9.17) is 9.72 Å². The van der Waals surface area contributed by atoms with Crippen LogP contribution >= 0.6 is 0 Å². The number of hydrogen-bond acceptors (Lipinski definition) is 3. The summed E-state index contributed by atoms with van der Waals surface area (Å²) < 4.78 is 7.51. The molecule has 1 atom stereocenters. The van der Waals surface area contributed by atoms with Gasteiger partial charge in [0, 0.05) is 18.5 Å². The van der Waals surface area contributed by atoms with Gasteiger partial charge in [-0.3, -0.25) is 4.79 Å². The van der Waals surface area contributed by atoms with Gasteiger partial charge in [-0.05, 0) is 42.7 Å². The molecule has 1 aromatic carbocycles. The Bertz CT molecular complexity index is 974. The number of amides is 1. The van der Waals surface area contributed by atoms with Gasteiger partial charge in [-0.2, -0.15) is 0 Å². The molecule has 2 aromatic heterocycles. The number of ether oxygens (including phenoxy) is 1. The Hall–Kier alpha value is -2.82. The van der Waals surface area contributed by atoms with Crippen LogP contribution in [0.15, 0.2) is 36.5 Å². The Morgan fingerprint density at radius 3 is 2.84 bits per heavy atom. The van der Waals surface area contributed by atoms with Crippen LogP contribution < -0.4 is 10.1 Å². The van der Waals surface area contributed by atoms with E-state index in [0.29, 0.717) is 13.0 Å². The van der Waals surface area contributed by atoms with Crippen molar-refractivity contribution in [3.8, 4) is 5.75 Å². The van der Waals surface area contributed by atoms with Gasteiger partial charge < -0.3 is 14.5 Å². The molecule has 1 aliphatic heterocycles. The van der Waals surface area contributed by atoms with Crippen molar-refractivity contribution in [1.29, 1.82) is 0 Å². The maximum absolute atomic E-state index is 12.3. The number of rotatable bonds is 2. The normalized spacial score (nSPS) is 17.1. The first-order valence-electron chi connectivity index (χ1n) is 8.45. The number of carbonyl (C=O) groups excluding carboxylic acids is 1. The van der Waals surface area contributed by atoms with E-state index in [9.17, 15) is 4.79 Å². The maximum Gasteiger partial charge on any atom is 0.221 e. The molecule has 25 heavy (non-hydrogen) atoms. The zero-order valence-corrected chi connectivity index (χ0v) is 14.7. The fourth-order valence-corrected chi connectivity index (χ4v) is 3.65. The fraction of sp³-hybridized carbons (Fsp3) is 0.300.